The Kier molecular flexibility index (Phi) is 2.83. The first-order valence-electron chi connectivity index (χ1n) is 4.58. The smallest absolute Gasteiger partial charge is 0.335 e. The van der Waals surface area contributed by atoms with Crippen LogP contribution in [-0.4, -0.2) is 17.4 Å². The lowest BCUT2D eigenvalue weighted by Gasteiger charge is -1.98. The van der Waals surface area contributed by atoms with E-state index >= 15 is 0 Å². The van der Waals surface area contributed by atoms with Crippen LogP contribution in [0.4, 0.5) is 0 Å². The maximum absolute atomic E-state index is 10.8. The molecule has 0 spiro atoms. The van der Waals surface area contributed by atoms with E-state index in [0.717, 1.165) is 16.7 Å². The summed E-state index contributed by atoms with van der Waals surface area (Å²) in [7, 11) is 0. The second-order valence-electron chi connectivity index (χ2n) is 3.25. The Labute approximate surface area is 96.0 Å². The molecule has 0 aliphatic heterocycles. The van der Waals surface area contributed by atoms with Crippen molar-refractivity contribution < 1.29 is 14.7 Å². The van der Waals surface area contributed by atoms with Crippen LogP contribution in [0, 0.1) is 0 Å². The molecule has 0 aliphatic rings. The fourth-order valence-corrected chi connectivity index (χ4v) is 2.22. The first-order chi connectivity index (χ1) is 7.70. The van der Waals surface area contributed by atoms with E-state index in [0.29, 0.717) is 5.56 Å². The predicted octanol–water partition coefficient (Wildman–Crippen LogP) is 2.93. The van der Waals surface area contributed by atoms with Gasteiger partial charge in [0.25, 0.3) is 0 Å². The van der Waals surface area contributed by atoms with E-state index in [-0.39, 0.29) is 5.56 Å². The van der Waals surface area contributed by atoms with Gasteiger partial charge in [-0.2, -0.15) is 0 Å². The molecule has 16 heavy (non-hydrogen) atoms. The molecule has 0 fully saturated rings. The minimum absolute atomic E-state index is 0.249. The number of rotatable bonds is 3. The number of benzene rings is 1. The van der Waals surface area contributed by atoms with E-state index in [9.17, 15) is 9.59 Å². The average Bonchev–Trinajstić information content (AvgIpc) is 2.77. The first-order valence-corrected chi connectivity index (χ1v) is 5.46. The lowest BCUT2D eigenvalue weighted by Crippen LogP contribution is -1.95. The standard InChI is InChI=1S/C12H8O3S/c13-6-8-4-11(16-7-8)9-2-1-3-10(5-9)12(14)15/h1-7H,(H,14,15). The third-order valence-electron chi connectivity index (χ3n) is 2.15. The zero-order chi connectivity index (χ0) is 11.5. The minimum atomic E-state index is -0.950. The molecule has 0 aliphatic carbocycles. The number of hydrogen-bond acceptors (Lipinski definition) is 3. The molecule has 1 heterocycles. The van der Waals surface area contributed by atoms with Crippen LogP contribution in [-0.2, 0) is 0 Å². The van der Waals surface area contributed by atoms with Crippen molar-refractivity contribution in [3.63, 3.8) is 0 Å². The van der Waals surface area contributed by atoms with Crippen molar-refractivity contribution in [3.8, 4) is 10.4 Å². The van der Waals surface area contributed by atoms with Gasteiger partial charge in [0.05, 0.1) is 5.56 Å². The highest BCUT2D eigenvalue weighted by molar-refractivity contribution is 7.13. The number of aromatic carboxylic acids is 1. The summed E-state index contributed by atoms with van der Waals surface area (Å²) in [6, 6.07) is 8.41. The lowest BCUT2D eigenvalue weighted by atomic mass is 10.1. The highest BCUT2D eigenvalue weighted by atomic mass is 32.1. The molecular weight excluding hydrogens is 224 g/mol. The fraction of sp³-hybridized carbons (Fsp3) is 0. The molecule has 1 aromatic heterocycles. The molecule has 1 aromatic carbocycles. The van der Waals surface area contributed by atoms with Gasteiger partial charge in [0.1, 0.15) is 0 Å². The molecule has 4 heteroatoms. The van der Waals surface area contributed by atoms with Crippen LogP contribution in [0.2, 0.25) is 0 Å². The van der Waals surface area contributed by atoms with Crippen molar-refractivity contribution in [2.24, 2.45) is 0 Å². The van der Waals surface area contributed by atoms with Gasteiger partial charge in [-0.25, -0.2) is 4.79 Å². The number of carbonyl (C=O) groups excluding carboxylic acids is 1. The molecule has 3 nitrogen and oxygen atoms in total. The molecule has 2 aromatic rings. The van der Waals surface area contributed by atoms with E-state index in [1.807, 2.05) is 6.07 Å². The van der Waals surface area contributed by atoms with Gasteiger partial charge in [0.2, 0.25) is 0 Å². The van der Waals surface area contributed by atoms with Gasteiger partial charge < -0.3 is 5.11 Å². The first kappa shape index (κ1) is 10.6. The van der Waals surface area contributed by atoms with Crippen molar-refractivity contribution in [3.05, 3.63) is 46.8 Å². The van der Waals surface area contributed by atoms with Crippen LogP contribution in [0.1, 0.15) is 20.7 Å². The van der Waals surface area contributed by atoms with E-state index in [2.05, 4.69) is 0 Å². The molecular formula is C12H8O3S. The van der Waals surface area contributed by atoms with E-state index in [1.165, 1.54) is 11.3 Å². The quantitative estimate of drug-likeness (QED) is 0.828. The van der Waals surface area contributed by atoms with Crippen LogP contribution in [0.15, 0.2) is 35.7 Å². The Morgan fingerprint density at radius 3 is 2.75 bits per heavy atom. The zero-order valence-electron chi connectivity index (χ0n) is 8.21. The van der Waals surface area contributed by atoms with Crippen LogP contribution in [0.3, 0.4) is 0 Å². The second-order valence-corrected chi connectivity index (χ2v) is 4.16. The summed E-state index contributed by atoms with van der Waals surface area (Å²) in [6.45, 7) is 0. The van der Waals surface area contributed by atoms with E-state index in [4.69, 9.17) is 5.11 Å². The summed E-state index contributed by atoms with van der Waals surface area (Å²) in [4.78, 5) is 22.2. The SMILES string of the molecule is O=Cc1csc(-c2cccc(C(=O)O)c2)c1. The van der Waals surface area contributed by atoms with Crippen molar-refractivity contribution in [1.29, 1.82) is 0 Å². The molecule has 2 rings (SSSR count). The molecule has 0 unspecified atom stereocenters. The maximum atomic E-state index is 10.8. The van der Waals surface area contributed by atoms with Gasteiger partial charge in [0.15, 0.2) is 6.29 Å². The Morgan fingerprint density at radius 2 is 2.12 bits per heavy atom. The normalized spacial score (nSPS) is 10.0. The number of carbonyl (C=O) groups is 2. The number of hydrogen-bond donors (Lipinski definition) is 1. The monoisotopic (exact) mass is 232 g/mol. The average molecular weight is 232 g/mol. The third-order valence-corrected chi connectivity index (χ3v) is 3.15. The van der Waals surface area contributed by atoms with Crippen LogP contribution >= 0.6 is 11.3 Å². The summed E-state index contributed by atoms with van der Waals surface area (Å²) in [5.74, 6) is -0.950. The summed E-state index contributed by atoms with van der Waals surface area (Å²) in [5, 5.41) is 10.6. The van der Waals surface area contributed by atoms with Crippen molar-refractivity contribution in [2.75, 3.05) is 0 Å². The zero-order valence-corrected chi connectivity index (χ0v) is 9.03. The topological polar surface area (TPSA) is 54.4 Å². The predicted molar refractivity (Wildman–Crippen MR) is 62.1 cm³/mol. The molecule has 1 N–H and O–H groups in total. The van der Waals surface area contributed by atoms with Crippen LogP contribution in [0.5, 0.6) is 0 Å². The third kappa shape index (κ3) is 2.01. The van der Waals surface area contributed by atoms with Crippen LogP contribution in [0.25, 0.3) is 10.4 Å². The van der Waals surface area contributed by atoms with Gasteiger partial charge >= 0.3 is 5.97 Å². The van der Waals surface area contributed by atoms with Crippen molar-refractivity contribution in [1.82, 2.24) is 0 Å². The molecule has 0 atom stereocenters. The lowest BCUT2D eigenvalue weighted by molar-refractivity contribution is 0.0697. The van der Waals surface area contributed by atoms with Crippen LogP contribution < -0.4 is 0 Å². The van der Waals surface area contributed by atoms with E-state index < -0.39 is 5.97 Å². The minimum Gasteiger partial charge on any atom is -0.478 e. The van der Waals surface area contributed by atoms with Gasteiger partial charge in [-0.3, -0.25) is 4.79 Å². The summed E-state index contributed by atoms with van der Waals surface area (Å²) in [5.41, 5.74) is 1.68. The molecule has 0 bridgehead atoms. The number of carboxylic acids is 1. The Bertz CT molecular complexity index is 543. The number of thiophene rings is 1. The van der Waals surface area contributed by atoms with Gasteiger partial charge in [0, 0.05) is 15.8 Å². The molecule has 80 valence electrons. The fourth-order valence-electron chi connectivity index (χ4n) is 1.37. The number of carboxylic acid groups (broad SMARTS) is 1. The highest BCUT2D eigenvalue weighted by Gasteiger charge is 2.06. The van der Waals surface area contributed by atoms with Crippen molar-refractivity contribution in [2.45, 2.75) is 0 Å². The molecule has 0 saturated heterocycles. The van der Waals surface area contributed by atoms with Gasteiger partial charge in [-0.05, 0) is 23.8 Å². The highest BCUT2D eigenvalue weighted by Crippen LogP contribution is 2.27. The maximum Gasteiger partial charge on any atom is 0.335 e. The van der Waals surface area contributed by atoms with E-state index in [1.54, 1.807) is 29.6 Å². The Hall–Kier alpha value is -1.94. The van der Waals surface area contributed by atoms with Gasteiger partial charge in [-0.15, -0.1) is 11.3 Å². The van der Waals surface area contributed by atoms with Gasteiger partial charge in [-0.1, -0.05) is 12.1 Å². The number of aldehydes is 1. The Balaban J connectivity index is 2.43. The largest absolute Gasteiger partial charge is 0.478 e. The summed E-state index contributed by atoms with van der Waals surface area (Å²) < 4.78 is 0. The summed E-state index contributed by atoms with van der Waals surface area (Å²) in [6.07, 6.45) is 0.779. The molecule has 0 amide bonds. The summed E-state index contributed by atoms with van der Waals surface area (Å²) >= 11 is 1.42. The molecule has 0 radical (unpaired) electrons. The second kappa shape index (κ2) is 4.28. The molecule has 0 saturated carbocycles. The van der Waals surface area contributed by atoms with Crippen molar-refractivity contribution >= 4 is 23.6 Å². The Morgan fingerprint density at radius 1 is 1.31 bits per heavy atom.